The van der Waals surface area contributed by atoms with Crippen LogP contribution in [0.5, 0.6) is 11.5 Å². The van der Waals surface area contributed by atoms with Crippen molar-refractivity contribution in [1.82, 2.24) is 10.2 Å². The molecule has 1 N–H and O–H groups in total. The molecule has 0 spiro atoms. The van der Waals surface area contributed by atoms with E-state index in [-0.39, 0.29) is 6.79 Å². The Balaban J connectivity index is 1.79. The van der Waals surface area contributed by atoms with Gasteiger partial charge in [-0.1, -0.05) is 0 Å². The van der Waals surface area contributed by atoms with Gasteiger partial charge in [-0.15, -0.1) is 0 Å². The molecule has 0 bridgehead atoms. The van der Waals surface area contributed by atoms with Crippen LogP contribution in [0.1, 0.15) is 25.0 Å². The number of hydrogen-bond acceptors (Lipinski definition) is 4. The normalized spacial score (nSPS) is 19.0. The third kappa shape index (κ3) is 3.30. The maximum Gasteiger partial charge on any atom is 0.231 e. The van der Waals surface area contributed by atoms with E-state index in [1.807, 2.05) is 6.07 Å². The van der Waals surface area contributed by atoms with Crippen LogP contribution in [-0.4, -0.2) is 44.4 Å². The number of nitrogens with one attached hydrogen (secondary N) is 1. The Labute approximate surface area is 125 Å². The first-order chi connectivity index (χ1) is 10.0. The maximum atomic E-state index is 14.5. The molecule has 116 valence electrons. The molecule has 1 aromatic rings. The number of ether oxygens (including phenoxy) is 2. The third-order valence-corrected chi connectivity index (χ3v) is 4.15. The first kappa shape index (κ1) is 14.6. The van der Waals surface area contributed by atoms with E-state index in [0.29, 0.717) is 11.3 Å². The zero-order chi connectivity index (χ0) is 14.9. The van der Waals surface area contributed by atoms with E-state index >= 15 is 0 Å². The Bertz CT molecular complexity index is 508. The number of halogens is 1. The molecule has 0 aromatic heterocycles. The molecule has 2 aliphatic rings. The molecule has 0 radical (unpaired) electrons. The molecule has 1 fully saturated rings. The zero-order valence-corrected chi connectivity index (χ0v) is 12.7. The van der Waals surface area contributed by atoms with Gasteiger partial charge in [0.15, 0.2) is 11.5 Å². The highest BCUT2D eigenvalue weighted by atomic mass is 19.1. The minimum absolute atomic E-state index is 0.225. The van der Waals surface area contributed by atoms with Crippen LogP contribution < -0.4 is 14.8 Å². The fourth-order valence-electron chi connectivity index (χ4n) is 2.96. The van der Waals surface area contributed by atoms with Crippen LogP contribution in [0.2, 0.25) is 0 Å². The molecule has 0 atom stereocenters. The highest BCUT2D eigenvalue weighted by Gasteiger charge is 2.27. The Morgan fingerprint density at radius 1 is 1.19 bits per heavy atom. The predicted octanol–water partition coefficient (Wildman–Crippen LogP) is 2.07. The standard InChI is InChI=1S/C16H23FN2O2/c1-16(2,17)13-10-15-14(20-11-21-15)9-12(13)3-6-19-7-4-18-5-8-19/h9-10,18H,3-8,11H2,1-2H3. The maximum absolute atomic E-state index is 14.5. The van der Waals surface area contributed by atoms with E-state index in [9.17, 15) is 4.39 Å². The Kier molecular flexibility index (Phi) is 4.04. The summed E-state index contributed by atoms with van der Waals surface area (Å²) in [4.78, 5) is 2.41. The minimum Gasteiger partial charge on any atom is -0.454 e. The molecule has 21 heavy (non-hydrogen) atoms. The molecule has 0 unspecified atom stereocenters. The van der Waals surface area contributed by atoms with Crippen molar-refractivity contribution in [3.05, 3.63) is 23.3 Å². The first-order valence-electron chi connectivity index (χ1n) is 7.59. The van der Waals surface area contributed by atoms with Crippen LogP contribution in [0.4, 0.5) is 4.39 Å². The van der Waals surface area contributed by atoms with Crippen LogP contribution in [0.3, 0.4) is 0 Å². The van der Waals surface area contributed by atoms with Gasteiger partial charge in [-0.05, 0) is 43.5 Å². The molecule has 2 heterocycles. The van der Waals surface area contributed by atoms with Gasteiger partial charge in [0.1, 0.15) is 5.67 Å². The van der Waals surface area contributed by atoms with Crippen molar-refractivity contribution in [3.63, 3.8) is 0 Å². The lowest BCUT2D eigenvalue weighted by Gasteiger charge is -2.28. The van der Waals surface area contributed by atoms with Gasteiger partial charge in [0.05, 0.1) is 0 Å². The number of rotatable bonds is 4. The summed E-state index contributed by atoms with van der Waals surface area (Å²) in [6, 6.07) is 3.75. The van der Waals surface area contributed by atoms with Crippen LogP contribution >= 0.6 is 0 Å². The van der Waals surface area contributed by atoms with Crippen LogP contribution in [-0.2, 0) is 12.1 Å². The summed E-state index contributed by atoms with van der Waals surface area (Å²) in [6.45, 7) is 8.54. The number of alkyl halides is 1. The van der Waals surface area contributed by atoms with Crippen LogP contribution in [0.15, 0.2) is 12.1 Å². The molecular formula is C16H23FN2O2. The Morgan fingerprint density at radius 2 is 1.86 bits per heavy atom. The summed E-state index contributed by atoms with van der Waals surface area (Å²) in [5.41, 5.74) is 0.354. The lowest BCUT2D eigenvalue weighted by molar-refractivity contribution is 0.173. The van der Waals surface area contributed by atoms with E-state index in [1.165, 1.54) is 0 Å². The van der Waals surface area contributed by atoms with Crippen LogP contribution in [0, 0.1) is 0 Å². The minimum atomic E-state index is -1.38. The summed E-state index contributed by atoms with van der Waals surface area (Å²) >= 11 is 0. The molecule has 0 amide bonds. The van der Waals surface area contributed by atoms with Crippen molar-refractivity contribution in [1.29, 1.82) is 0 Å². The molecule has 3 rings (SSSR count). The van der Waals surface area contributed by atoms with E-state index in [0.717, 1.165) is 50.5 Å². The zero-order valence-electron chi connectivity index (χ0n) is 12.7. The van der Waals surface area contributed by atoms with Gasteiger partial charge in [0.25, 0.3) is 0 Å². The SMILES string of the molecule is CC(C)(F)c1cc2c(cc1CCN1CCNCC1)OCO2. The second-order valence-electron chi connectivity index (χ2n) is 6.18. The smallest absolute Gasteiger partial charge is 0.231 e. The van der Waals surface area contributed by atoms with E-state index < -0.39 is 5.67 Å². The monoisotopic (exact) mass is 294 g/mol. The van der Waals surface area contributed by atoms with Crippen molar-refractivity contribution < 1.29 is 13.9 Å². The molecule has 1 aromatic carbocycles. The van der Waals surface area contributed by atoms with Gasteiger partial charge in [-0.25, -0.2) is 4.39 Å². The second kappa shape index (κ2) is 5.81. The average molecular weight is 294 g/mol. The van der Waals surface area contributed by atoms with E-state index in [4.69, 9.17) is 9.47 Å². The highest BCUT2D eigenvalue weighted by Crippen LogP contribution is 2.39. The third-order valence-electron chi connectivity index (χ3n) is 4.15. The molecule has 0 saturated carbocycles. The van der Waals surface area contributed by atoms with Crippen molar-refractivity contribution >= 4 is 0 Å². The Hall–Kier alpha value is -1.33. The summed E-state index contributed by atoms with van der Waals surface area (Å²) < 4.78 is 25.3. The predicted molar refractivity (Wildman–Crippen MR) is 79.7 cm³/mol. The fourth-order valence-corrected chi connectivity index (χ4v) is 2.96. The lowest BCUT2D eigenvalue weighted by atomic mass is 9.92. The van der Waals surface area contributed by atoms with E-state index in [1.54, 1.807) is 19.9 Å². The van der Waals surface area contributed by atoms with Crippen molar-refractivity contribution in [2.45, 2.75) is 25.9 Å². The second-order valence-corrected chi connectivity index (χ2v) is 6.18. The number of benzene rings is 1. The highest BCUT2D eigenvalue weighted by molar-refractivity contribution is 5.50. The molecule has 2 aliphatic heterocycles. The summed E-state index contributed by atoms with van der Waals surface area (Å²) in [5.74, 6) is 1.39. The van der Waals surface area contributed by atoms with Gasteiger partial charge in [0.2, 0.25) is 6.79 Å². The molecular weight excluding hydrogens is 271 g/mol. The van der Waals surface area contributed by atoms with Gasteiger partial charge in [0, 0.05) is 32.7 Å². The summed E-state index contributed by atoms with van der Waals surface area (Å²) in [5, 5.41) is 3.34. The van der Waals surface area contributed by atoms with Gasteiger partial charge < -0.3 is 19.7 Å². The quantitative estimate of drug-likeness (QED) is 0.922. The summed E-state index contributed by atoms with van der Waals surface area (Å²) in [6.07, 6.45) is 0.833. The van der Waals surface area contributed by atoms with Crippen LogP contribution in [0.25, 0.3) is 0 Å². The van der Waals surface area contributed by atoms with Crippen molar-refractivity contribution in [2.24, 2.45) is 0 Å². The van der Waals surface area contributed by atoms with Gasteiger partial charge in [-0.2, -0.15) is 0 Å². The number of hydrogen-bond donors (Lipinski definition) is 1. The molecule has 5 heteroatoms. The number of fused-ring (bicyclic) bond motifs is 1. The van der Waals surface area contributed by atoms with Gasteiger partial charge >= 0.3 is 0 Å². The fraction of sp³-hybridized carbons (Fsp3) is 0.625. The lowest BCUT2D eigenvalue weighted by Crippen LogP contribution is -2.44. The topological polar surface area (TPSA) is 33.7 Å². The largest absolute Gasteiger partial charge is 0.454 e. The van der Waals surface area contributed by atoms with Crippen molar-refractivity contribution in [3.8, 4) is 11.5 Å². The number of nitrogens with zero attached hydrogens (tertiary/aromatic N) is 1. The van der Waals surface area contributed by atoms with E-state index in [2.05, 4.69) is 10.2 Å². The molecule has 1 saturated heterocycles. The Morgan fingerprint density at radius 3 is 2.52 bits per heavy atom. The summed E-state index contributed by atoms with van der Waals surface area (Å²) in [7, 11) is 0. The molecule has 4 nitrogen and oxygen atoms in total. The average Bonchev–Trinajstić information content (AvgIpc) is 2.91. The van der Waals surface area contributed by atoms with Gasteiger partial charge in [-0.3, -0.25) is 0 Å². The number of piperazine rings is 1. The molecule has 0 aliphatic carbocycles. The van der Waals surface area contributed by atoms with Crippen molar-refractivity contribution in [2.75, 3.05) is 39.5 Å². The first-order valence-corrected chi connectivity index (χ1v) is 7.59.